The summed E-state index contributed by atoms with van der Waals surface area (Å²) >= 11 is 0. The smallest absolute Gasteiger partial charge is 0.296 e. The number of rotatable bonds is 2. The highest BCUT2D eigenvalue weighted by Gasteiger charge is 2.30. The van der Waals surface area contributed by atoms with Gasteiger partial charge in [0.1, 0.15) is 5.69 Å². The lowest BCUT2D eigenvalue weighted by Crippen LogP contribution is -2.24. The molecule has 0 radical (unpaired) electrons. The van der Waals surface area contributed by atoms with Crippen LogP contribution < -0.4 is 5.73 Å². The summed E-state index contributed by atoms with van der Waals surface area (Å²) in [6, 6.07) is 0. The standard InChI is InChI=1S/C7H11N3O3S/c1-4(2)14(12,13)7(11)5-6(8)10-3-9-5/h3-4H,8H2,1-2H3,(H,9,10). The normalized spacial score (nSPS) is 11.9. The minimum absolute atomic E-state index is 0.0979. The minimum atomic E-state index is -3.81. The summed E-state index contributed by atoms with van der Waals surface area (Å²) in [5.41, 5.74) is 5.14. The van der Waals surface area contributed by atoms with Crippen molar-refractivity contribution in [1.29, 1.82) is 0 Å². The summed E-state index contributed by atoms with van der Waals surface area (Å²) < 4.78 is 22.9. The summed E-state index contributed by atoms with van der Waals surface area (Å²) in [5, 5.41) is -1.78. The number of aromatic nitrogens is 2. The Labute approximate surface area is 81.4 Å². The molecule has 3 N–H and O–H groups in total. The van der Waals surface area contributed by atoms with Crippen LogP contribution in [-0.4, -0.2) is 28.8 Å². The lowest BCUT2D eigenvalue weighted by atomic mass is 10.5. The number of hydrogen-bond donors (Lipinski definition) is 2. The molecule has 0 bridgehead atoms. The number of nitrogens with one attached hydrogen (secondary N) is 1. The van der Waals surface area contributed by atoms with E-state index in [1.54, 1.807) is 0 Å². The zero-order chi connectivity index (χ0) is 10.9. The molecule has 7 heteroatoms. The second-order valence-corrected chi connectivity index (χ2v) is 5.45. The monoisotopic (exact) mass is 217 g/mol. The maximum Gasteiger partial charge on any atom is 0.296 e. The molecule has 0 spiro atoms. The number of sulfone groups is 1. The van der Waals surface area contributed by atoms with Crippen molar-refractivity contribution in [3.8, 4) is 0 Å². The number of carbonyl (C=O) groups is 1. The van der Waals surface area contributed by atoms with Crippen LogP contribution in [0.5, 0.6) is 0 Å². The van der Waals surface area contributed by atoms with Crippen molar-refractivity contribution in [2.24, 2.45) is 0 Å². The predicted octanol–water partition coefficient (Wildman–Crippen LogP) is -0.0447. The first-order valence-corrected chi connectivity index (χ1v) is 5.49. The van der Waals surface area contributed by atoms with E-state index in [2.05, 4.69) is 9.97 Å². The molecule has 78 valence electrons. The Bertz CT molecular complexity index is 447. The van der Waals surface area contributed by atoms with Gasteiger partial charge in [0, 0.05) is 0 Å². The number of nitrogens with zero attached hydrogens (tertiary/aromatic N) is 1. The van der Waals surface area contributed by atoms with Crippen LogP contribution in [0.15, 0.2) is 6.33 Å². The van der Waals surface area contributed by atoms with E-state index in [9.17, 15) is 13.2 Å². The first-order valence-electron chi connectivity index (χ1n) is 3.94. The fraction of sp³-hybridized carbons (Fsp3) is 0.429. The number of hydrogen-bond acceptors (Lipinski definition) is 5. The van der Waals surface area contributed by atoms with Gasteiger partial charge in [-0.3, -0.25) is 4.79 Å². The molecule has 1 aromatic heterocycles. The van der Waals surface area contributed by atoms with E-state index >= 15 is 0 Å². The van der Waals surface area contributed by atoms with Gasteiger partial charge < -0.3 is 10.7 Å². The fourth-order valence-electron chi connectivity index (χ4n) is 0.825. The van der Waals surface area contributed by atoms with Crippen molar-refractivity contribution in [2.45, 2.75) is 19.1 Å². The molecule has 1 rings (SSSR count). The summed E-state index contributed by atoms with van der Waals surface area (Å²) in [7, 11) is -3.81. The molecule has 0 aliphatic rings. The van der Waals surface area contributed by atoms with Gasteiger partial charge >= 0.3 is 0 Å². The van der Waals surface area contributed by atoms with Crippen LogP contribution in [0.2, 0.25) is 0 Å². The van der Waals surface area contributed by atoms with Crippen LogP contribution in [0.1, 0.15) is 24.3 Å². The van der Waals surface area contributed by atoms with Gasteiger partial charge in [0.15, 0.2) is 5.82 Å². The number of carbonyl (C=O) groups excluding carboxylic acids is 1. The van der Waals surface area contributed by atoms with Gasteiger partial charge in [0.2, 0.25) is 9.84 Å². The van der Waals surface area contributed by atoms with Gasteiger partial charge in [-0.25, -0.2) is 13.4 Å². The van der Waals surface area contributed by atoms with Crippen molar-refractivity contribution < 1.29 is 13.2 Å². The van der Waals surface area contributed by atoms with Gasteiger partial charge in [-0.2, -0.15) is 0 Å². The molecular weight excluding hydrogens is 206 g/mol. The fourth-order valence-corrected chi connectivity index (χ4v) is 1.70. The van der Waals surface area contributed by atoms with E-state index < -0.39 is 20.2 Å². The van der Waals surface area contributed by atoms with Gasteiger partial charge in [0.25, 0.3) is 5.12 Å². The largest absolute Gasteiger partial charge is 0.382 e. The minimum Gasteiger partial charge on any atom is -0.382 e. The summed E-state index contributed by atoms with van der Waals surface area (Å²) in [6.07, 6.45) is 1.18. The van der Waals surface area contributed by atoms with Crippen molar-refractivity contribution in [3.05, 3.63) is 12.0 Å². The van der Waals surface area contributed by atoms with Crippen LogP contribution in [-0.2, 0) is 9.84 Å². The van der Waals surface area contributed by atoms with Crippen LogP contribution in [0.3, 0.4) is 0 Å². The number of nitrogens with two attached hydrogens (primary N) is 1. The Morgan fingerprint density at radius 3 is 2.50 bits per heavy atom. The van der Waals surface area contributed by atoms with Crippen LogP contribution in [0.25, 0.3) is 0 Å². The maximum absolute atomic E-state index is 11.5. The molecule has 6 nitrogen and oxygen atoms in total. The third-order valence-electron chi connectivity index (χ3n) is 1.75. The third kappa shape index (κ3) is 1.63. The SMILES string of the molecule is CC(C)S(=O)(=O)C(=O)c1[nH]cnc1N. The molecule has 0 unspecified atom stereocenters. The van der Waals surface area contributed by atoms with E-state index in [0.29, 0.717) is 0 Å². The molecule has 0 amide bonds. The highest BCUT2D eigenvalue weighted by Crippen LogP contribution is 2.13. The highest BCUT2D eigenvalue weighted by atomic mass is 32.2. The molecular formula is C7H11N3O3S. The van der Waals surface area contributed by atoms with Gasteiger partial charge in [-0.05, 0) is 13.8 Å². The lowest BCUT2D eigenvalue weighted by molar-refractivity contribution is 0.107. The lowest BCUT2D eigenvalue weighted by Gasteiger charge is -2.04. The Balaban J connectivity index is 3.16. The summed E-state index contributed by atoms with van der Waals surface area (Å²) in [4.78, 5) is 17.4. The Kier molecular flexibility index (Phi) is 2.61. The van der Waals surface area contributed by atoms with E-state index in [4.69, 9.17) is 5.73 Å². The topological polar surface area (TPSA) is 106 Å². The summed E-state index contributed by atoms with van der Waals surface area (Å²) in [5.74, 6) is -0.0979. The highest BCUT2D eigenvalue weighted by molar-refractivity contribution is 8.07. The second-order valence-electron chi connectivity index (χ2n) is 3.04. The Morgan fingerprint density at radius 1 is 1.57 bits per heavy atom. The average molecular weight is 217 g/mol. The Hall–Kier alpha value is -1.37. The van der Waals surface area contributed by atoms with E-state index in [1.807, 2.05) is 0 Å². The molecule has 0 saturated carbocycles. The van der Waals surface area contributed by atoms with Crippen LogP contribution >= 0.6 is 0 Å². The van der Waals surface area contributed by atoms with Crippen LogP contribution in [0.4, 0.5) is 5.82 Å². The average Bonchev–Trinajstić information content (AvgIpc) is 2.49. The second kappa shape index (κ2) is 3.41. The number of nitrogen functional groups attached to an aromatic ring is 1. The first kappa shape index (κ1) is 10.7. The third-order valence-corrected chi connectivity index (χ3v) is 3.71. The van der Waals surface area contributed by atoms with Crippen molar-refractivity contribution in [3.63, 3.8) is 0 Å². The molecule has 1 heterocycles. The van der Waals surface area contributed by atoms with Crippen molar-refractivity contribution in [1.82, 2.24) is 9.97 Å². The quantitative estimate of drug-likeness (QED) is 0.722. The molecule has 0 atom stereocenters. The van der Waals surface area contributed by atoms with Crippen molar-refractivity contribution >= 4 is 20.8 Å². The summed E-state index contributed by atoms with van der Waals surface area (Å²) in [6.45, 7) is 2.86. The van der Waals surface area contributed by atoms with E-state index in [0.717, 1.165) is 0 Å². The molecule has 0 fully saturated rings. The molecule has 0 aromatic carbocycles. The van der Waals surface area contributed by atoms with E-state index in [-0.39, 0.29) is 11.5 Å². The molecule has 14 heavy (non-hydrogen) atoms. The molecule has 1 aromatic rings. The predicted molar refractivity (Wildman–Crippen MR) is 51.4 cm³/mol. The van der Waals surface area contributed by atoms with Crippen LogP contribution in [0, 0.1) is 0 Å². The molecule has 0 saturated heterocycles. The number of anilines is 1. The van der Waals surface area contributed by atoms with Gasteiger partial charge in [-0.15, -0.1) is 0 Å². The number of imidazole rings is 1. The van der Waals surface area contributed by atoms with Crippen molar-refractivity contribution in [2.75, 3.05) is 5.73 Å². The zero-order valence-electron chi connectivity index (χ0n) is 7.81. The maximum atomic E-state index is 11.5. The number of H-pyrrole nitrogens is 1. The van der Waals surface area contributed by atoms with Gasteiger partial charge in [-0.1, -0.05) is 0 Å². The molecule has 0 aliphatic carbocycles. The van der Waals surface area contributed by atoms with E-state index in [1.165, 1.54) is 20.2 Å². The number of aromatic amines is 1. The molecule has 0 aliphatic heterocycles. The van der Waals surface area contributed by atoms with Gasteiger partial charge in [0.05, 0.1) is 11.6 Å². The zero-order valence-corrected chi connectivity index (χ0v) is 8.63. The Morgan fingerprint density at radius 2 is 2.14 bits per heavy atom. The first-order chi connectivity index (χ1) is 6.37.